The first-order valence-corrected chi connectivity index (χ1v) is 4.91. The number of aromatic nitrogens is 4. The summed E-state index contributed by atoms with van der Waals surface area (Å²) in [4.78, 5) is 0. The zero-order valence-electron chi connectivity index (χ0n) is 8.18. The molecular formula is C9H10ClN5. The van der Waals surface area contributed by atoms with Crippen molar-refractivity contribution in [3.63, 3.8) is 0 Å². The van der Waals surface area contributed by atoms with Crippen LogP contribution in [-0.2, 0) is 6.54 Å². The maximum atomic E-state index is 5.90. The van der Waals surface area contributed by atoms with Gasteiger partial charge in [-0.1, -0.05) is 11.6 Å². The van der Waals surface area contributed by atoms with Gasteiger partial charge in [-0.15, -0.1) is 5.10 Å². The molecule has 0 spiro atoms. The highest BCUT2D eigenvalue weighted by molar-refractivity contribution is 6.31. The van der Waals surface area contributed by atoms with Gasteiger partial charge in [-0.05, 0) is 35.5 Å². The second kappa shape index (κ2) is 3.86. The number of anilines is 1. The van der Waals surface area contributed by atoms with Gasteiger partial charge in [0.25, 0.3) is 0 Å². The molecule has 1 aromatic heterocycles. The van der Waals surface area contributed by atoms with E-state index in [1.807, 2.05) is 6.92 Å². The van der Waals surface area contributed by atoms with Crippen LogP contribution < -0.4 is 5.73 Å². The van der Waals surface area contributed by atoms with E-state index < -0.39 is 0 Å². The van der Waals surface area contributed by atoms with Crippen LogP contribution in [0.2, 0.25) is 5.02 Å². The Morgan fingerprint density at radius 3 is 3.00 bits per heavy atom. The zero-order chi connectivity index (χ0) is 10.8. The molecule has 0 atom stereocenters. The van der Waals surface area contributed by atoms with Crippen LogP contribution in [0.25, 0.3) is 11.4 Å². The monoisotopic (exact) mass is 223 g/mol. The third-order valence-corrected chi connectivity index (χ3v) is 2.32. The molecule has 1 aromatic carbocycles. The number of nitrogens with zero attached hydrogens (tertiary/aromatic N) is 4. The molecule has 0 aliphatic carbocycles. The fraction of sp³-hybridized carbons (Fsp3) is 0.222. The van der Waals surface area contributed by atoms with E-state index in [0.29, 0.717) is 23.1 Å². The minimum absolute atomic E-state index is 0.615. The topological polar surface area (TPSA) is 69.6 Å². The smallest absolute Gasteiger partial charge is 0.184 e. The molecule has 0 aliphatic rings. The summed E-state index contributed by atoms with van der Waals surface area (Å²) in [7, 11) is 0. The number of hydrogen-bond donors (Lipinski definition) is 1. The molecule has 0 aliphatic heterocycles. The molecule has 2 aromatic rings. The van der Waals surface area contributed by atoms with Gasteiger partial charge in [-0.2, -0.15) is 0 Å². The van der Waals surface area contributed by atoms with Crippen molar-refractivity contribution in [1.82, 2.24) is 20.2 Å². The van der Waals surface area contributed by atoms with E-state index in [1.54, 1.807) is 22.9 Å². The maximum absolute atomic E-state index is 5.90. The lowest BCUT2D eigenvalue weighted by Gasteiger charge is -2.05. The number of rotatable bonds is 2. The molecule has 78 valence electrons. The van der Waals surface area contributed by atoms with Crippen molar-refractivity contribution in [3.05, 3.63) is 23.2 Å². The molecule has 15 heavy (non-hydrogen) atoms. The van der Waals surface area contributed by atoms with E-state index in [4.69, 9.17) is 17.3 Å². The highest BCUT2D eigenvalue weighted by Crippen LogP contribution is 2.26. The summed E-state index contributed by atoms with van der Waals surface area (Å²) in [5, 5.41) is 12.0. The fourth-order valence-electron chi connectivity index (χ4n) is 1.33. The number of benzene rings is 1. The van der Waals surface area contributed by atoms with Crippen LogP contribution in [-0.4, -0.2) is 20.2 Å². The van der Waals surface area contributed by atoms with Gasteiger partial charge in [0.2, 0.25) is 0 Å². The Labute approximate surface area is 91.8 Å². The Morgan fingerprint density at radius 1 is 1.47 bits per heavy atom. The molecule has 0 saturated heterocycles. The quantitative estimate of drug-likeness (QED) is 0.785. The van der Waals surface area contributed by atoms with Gasteiger partial charge in [0, 0.05) is 22.8 Å². The van der Waals surface area contributed by atoms with Crippen LogP contribution in [0.5, 0.6) is 0 Å². The van der Waals surface area contributed by atoms with Crippen LogP contribution in [0.3, 0.4) is 0 Å². The normalized spacial score (nSPS) is 10.5. The second-order valence-corrected chi connectivity index (χ2v) is 3.49. The van der Waals surface area contributed by atoms with Gasteiger partial charge in [0.05, 0.1) is 0 Å². The minimum atomic E-state index is 0.615. The highest BCUT2D eigenvalue weighted by atomic mass is 35.5. The summed E-state index contributed by atoms with van der Waals surface area (Å²) in [6, 6.07) is 5.24. The average Bonchev–Trinajstić information content (AvgIpc) is 2.69. The third-order valence-electron chi connectivity index (χ3n) is 2.09. The summed E-state index contributed by atoms with van der Waals surface area (Å²) >= 11 is 5.90. The number of halogens is 1. The van der Waals surface area contributed by atoms with E-state index in [1.165, 1.54) is 0 Å². The third kappa shape index (κ3) is 1.78. The van der Waals surface area contributed by atoms with E-state index in [-0.39, 0.29) is 0 Å². The number of nitrogens with two attached hydrogens (primary N) is 1. The van der Waals surface area contributed by atoms with Gasteiger partial charge in [0.1, 0.15) is 0 Å². The molecule has 5 nitrogen and oxygen atoms in total. The van der Waals surface area contributed by atoms with Crippen molar-refractivity contribution in [3.8, 4) is 11.4 Å². The summed E-state index contributed by atoms with van der Waals surface area (Å²) in [6.07, 6.45) is 0. The molecule has 2 N–H and O–H groups in total. The van der Waals surface area contributed by atoms with Crippen molar-refractivity contribution < 1.29 is 0 Å². The molecule has 0 fully saturated rings. The van der Waals surface area contributed by atoms with Crippen molar-refractivity contribution >= 4 is 17.3 Å². The first kappa shape index (κ1) is 9.92. The second-order valence-electron chi connectivity index (χ2n) is 3.05. The highest BCUT2D eigenvalue weighted by Gasteiger charge is 2.10. The lowest BCUT2D eigenvalue weighted by molar-refractivity contribution is 0.631. The summed E-state index contributed by atoms with van der Waals surface area (Å²) < 4.78 is 1.67. The van der Waals surface area contributed by atoms with Gasteiger partial charge < -0.3 is 5.73 Å². The van der Waals surface area contributed by atoms with Crippen molar-refractivity contribution in [2.45, 2.75) is 13.5 Å². The molecule has 6 heteroatoms. The number of tetrazole rings is 1. The van der Waals surface area contributed by atoms with Crippen LogP contribution in [0.15, 0.2) is 18.2 Å². The van der Waals surface area contributed by atoms with Gasteiger partial charge >= 0.3 is 0 Å². The SMILES string of the molecule is CCn1nnnc1-c1cc(Cl)ccc1N. The molecule has 0 saturated carbocycles. The standard InChI is InChI=1S/C9H10ClN5/c1-2-15-9(12-13-14-15)7-5-6(10)3-4-8(7)11/h3-5H,2,11H2,1H3. The van der Waals surface area contributed by atoms with Crippen LogP contribution >= 0.6 is 11.6 Å². The number of nitrogen functional groups attached to an aromatic ring is 1. The molecule has 2 rings (SSSR count). The zero-order valence-corrected chi connectivity index (χ0v) is 8.94. The predicted octanol–water partition coefficient (Wildman–Crippen LogP) is 1.60. The van der Waals surface area contributed by atoms with Crippen molar-refractivity contribution in [2.24, 2.45) is 0 Å². The lowest BCUT2D eigenvalue weighted by atomic mass is 10.1. The van der Waals surface area contributed by atoms with E-state index in [2.05, 4.69) is 15.5 Å². The minimum Gasteiger partial charge on any atom is -0.398 e. The Balaban J connectivity index is 2.58. The van der Waals surface area contributed by atoms with Gasteiger partial charge in [0.15, 0.2) is 5.82 Å². The molecule has 0 amide bonds. The van der Waals surface area contributed by atoms with Crippen molar-refractivity contribution in [2.75, 3.05) is 5.73 Å². The molecule has 0 unspecified atom stereocenters. The summed E-state index contributed by atoms with van der Waals surface area (Å²) in [5.41, 5.74) is 7.21. The molecule has 0 bridgehead atoms. The van der Waals surface area contributed by atoms with E-state index in [9.17, 15) is 0 Å². The molecule has 1 heterocycles. The van der Waals surface area contributed by atoms with Crippen LogP contribution in [0.1, 0.15) is 6.92 Å². The molecule has 0 radical (unpaired) electrons. The van der Waals surface area contributed by atoms with E-state index >= 15 is 0 Å². The van der Waals surface area contributed by atoms with Crippen LogP contribution in [0.4, 0.5) is 5.69 Å². The van der Waals surface area contributed by atoms with Gasteiger partial charge in [-0.3, -0.25) is 0 Å². The number of hydrogen-bond acceptors (Lipinski definition) is 4. The first-order chi connectivity index (χ1) is 7.22. The Bertz CT molecular complexity index is 479. The van der Waals surface area contributed by atoms with Crippen molar-refractivity contribution in [1.29, 1.82) is 0 Å². The van der Waals surface area contributed by atoms with E-state index in [0.717, 1.165) is 5.56 Å². The Kier molecular flexibility index (Phi) is 2.55. The summed E-state index contributed by atoms with van der Waals surface area (Å²) in [6.45, 7) is 2.65. The predicted molar refractivity (Wildman–Crippen MR) is 58.3 cm³/mol. The Hall–Kier alpha value is -1.62. The first-order valence-electron chi connectivity index (χ1n) is 4.54. The lowest BCUT2D eigenvalue weighted by Crippen LogP contribution is -2.01. The van der Waals surface area contributed by atoms with Crippen LogP contribution in [0, 0.1) is 0 Å². The molecular weight excluding hydrogens is 214 g/mol. The summed E-state index contributed by atoms with van der Waals surface area (Å²) in [5.74, 6) is 0.637. The Morgan fingerprint density at radius 2 is 2.27 bits per heavy atom. The average molecular weight is 224 g/mol. The number of aryl methyl sites for hydroxylation is 1. The maximum Gasteiger partial charge on any atom is 0.184 e. The largest absolute Gasteiger partial charge is 0.398 e. The fourth-order valence-corrected chi connectivity index (χ4v) is 1.50. The van der Waals surface area contributed by atoms with Gasteiger partial charge in [-0.25, -0.2) is 4.68 Å².